The number of hydrogen-bond acceptors (Lipinski definition) is 1. The predicted octanol–water partition coefficient (Wildman–Crippen LogP) is 3.16. The number of aryl methyl sites for hydroxylation is 1. The van der Waals surface area contributed by atoms with E-state index in [1.807, 2.05) is 0 Å². The lowest BCUT2D eigenvalue weighted by Crippen LogP contribution is -1.84. The average molecular weight is 164 g/mol. The molecule has 1 heteroatoms. The molecule has 0 atom stereocenters. The van der Waals surface area contributed by atoms with Crippen molar-refractivity contribution in [2.45, 2.75) is 30.6 Å². The molecule has 0 aromatic heterocycles. The summed E-state index contributed by atoms with van der Waals surface area (Å²) in [6.07, 6.45) is 2.76. The lowest BCUT2D eigenvalue weighted by molar-refractivity contribution is 1.09. The summed E-state index contributed by atoms with van der Waals surface area (Å²) in [4.78, 5) is 1.08. The van der Waals surface area contributed by atoms with Crippen LogP contribution in [-0.2, 0) is 0 Å². The van der Waals surface area contributed by atoms with Crippen molar-refractivity contribution in [1.82, 2.24) is 0 Å². The van der Waals surface area contributed by atoms with Gasteiger partial charge in [-0.25, -0.2) is 0 Å². The Morgan fingerprint density at radius 2 is 2.09 bits per heavy atom. The van der Waals surface area contributed by atoms with Crippen LogP contribution in [0.15, 0.2) is 23.1 Å². The summed E-state index contributed by atoms with van der Waals surface area (Å²) in [5.74, 6) is 0.865. The first-order chi connectivity index (χ1) is 5.27. The third kappa shape index (κ3) is 1.43. The Labute approximate surface area is 73.0 Å². The van der Waals surface area contributed by atoms with Crippen LogP contribution in [0.1, 0.15) is 29.9 Å². The summed E-state index contributed by atoms with van der Waals surface area (Å²) in [5.41, 5.74) is 2.93. The van der Waals surface area contributed by atoms with Crippen LogP contribution < -0.4 is 0 Å². The number of thiol groups is 1. The van der Waals surface area contributed by atoms with E-state index in [1.54, 1.807) is 0 Å². The van der Waals surface area contributed by atoms with Crippen molar-refractivity contribution in [2.75, 3.05) is 0 Å². The average Bonchev–Trinajstić information content (AvgIpc) is 2.70. The van der Waals surface area contributed by atoms with E-state index in [1.165, 1.54) is 24.0 Å². The second-order valence-electron chi connectivity index (χ2n) is 3.32. The quantitative estimate of drug-likeness (QED) is 0.606. The van der Waals surface area contributed by atoms with Crippen LogP contribution >= 0.6 is 12.6 Å². The molecule has 0 nitrogen and oxygen atoms in total. The Kier molecular flexibility index (Phi) is 1.68. The molecule has 1 aromatic carbocycles. The molecule has 0 N–H and O–H groups in total. The van der Waals surface area contributed by atoms with Gasteiger partial charge in [0.1, 0.15) is 0 Å². The number of hydrogen-bond donors (Lipinski definition) is 1. The third-order valence-electron chi connectivity index (χ3n) is 2.27. The molecule has 0 aliphatic heterocycles. The van der Waals surface area contributed by atoms with Crippen molar-refractivity contribution in [3.63, 3.8) is 0 Å². The molecule has 1 aromatic rings. The molecule has 58 valence electrons. The smallest absolute Gasteiger partial charge is 0.00428 e. The maximum atomic E-state index is 4.29. The number of benzene rings is 1. The largest absolute Gasteiger partial charge is 0.143 e. The highest BCUT2D eigenvalue weighted by Gasteiger charge is 2.24. The summed E-state index contributed by atoms with van der Waals surface area (Å²) in [5, 5.41) is 0. The monoisotopic (exact) mass is 164 g/mol. The lowest BCUT2D eigenvalue weighted by atomic mass is 10.1. The first kappa shape index (κ1) is 7.23. The van der Waals surface area contributed by atoms with Crippen molar-refractivity contribution < 1.29 is 0 Å². The lowest BCUT2D eigenvalue weighted by Gasteiger charge is -2.03. The summed E-state index contributed by atoms with van der Waals surface area (Å²) in [7, 11) is 0. The maximum absolute atomic E-state index is 4.29. The molecule has 0 unspecified atom stereocenters. The fourth-order valence-electron chi connectivity index (χ4n) is 1.51. The molecule has 0 saturated heterocycles. The highest BCUT2D eigenvalue weighted by molar-refractivity contribution is 7.80. The normalized spacial score (nSPS) is 16.9. The third-order valence-corrected chi connectivity index (χ3v) is 2.55. The van der Waals surface area contributed by atoms with E-state index in [4.69, 9.17) is 0 Å². The molecule has 2 rings (SSSR count). The minimum Gasteiger partial charge on any atom is -0.143 e. The molecular formula is C10H12S. The summed E-state index contributed by atoms with van der Waals surface area (Å²) >= 11 is 4.29. The van der Waals surface area contributed by atoms with Gasteiger partial charge in [0, 0.05) is 4.90 Å². The summed E-state index contributed by atoms with van der Waals surface area (Å²) in [6.45, 7) is 2.17. The van der Waals surface area contributed by atoms with Crippen LogP contribution in [0, 0.1) is 6.92 Å². The van der Waals surface area contributed by atoms with Crippen LogP contribution in [-0.4, -0.2) is 0 Å². The Bertz CT molecular complexity index is 274. The Hall–Kier alpha value is -0.430. The molecule has 1 aliphatic carbocycles. The maximum Gasteiger partial charge on any atom is 0.00428 e. The van der Waals surface area contributed by atoms with Crippen LogP contribution in [0.4, 0.5) is 0 Å². The van der Waals surface area contributed by atoms with Gasteiger partial charge in [0.2, 0.25) is 0 Å². The van der Waals surface area contributed by atoms with Crippen LogP contribution in [0.25, 0.3) is 0 Å². The first-order valence-corrected chi connectivity index (χ1v) is 4.51. The van der Waals surface area contributed by atoms with Crippen molar-refractivity contribution in [3.05, 3.63) is 29.3 Å². The molecule has 0 radical (unpaired) electrons. The van der Waals surface area contributed by atoms with E-state index in [-0.39, 0.29) is 0 Å². The fraction of sp³-hybridized carbons (Fsp3) is 0.400. The second kappa shape index (κ2) is 2.56. The summed E-state index contributed by atoms with van der Waals surface area (Å²) in [6, 6.07) is 6.45. The summed E-state index contributed by atoms with van der Waals surface area (Å²) < 4.78 is 0. The second-order valence-corrected chi connectivity index (χ2v) is 3.83. The highest BCUT2D eigenvalue weighted by Crippen LogP contribution is 2.41. The van der Waals surface area contributed by atoms with Gasteiger partial charge in [0.15, 0.2) is 0 Å². The van der Waals surface area contributed by atoms with Gasteiger partial charge in [-0.05, 0) is 48.9 Å². The van der Waals surface area contributed by atoms with Crippen molar-refractivity contribution >= 4 is 12.6 Å². The van der Waals surface area contributed by atoms with Gasteiger partial charge < -0.3 is 0 Å². The Balaban J connectivity index is 2.39. The number of rotatable bonds is 1. The van der Waals surface area contributed by atoms with Crippen LogP contribution in [0.3, 0.4) is 0 Å². The zero-order chi connectivity index (χ0) is 7.84. The van der Waals surface area contributed by atoms with Gasteiger partial charge in [-0.3, -0.25) is 0 Å². The zero-order valence-corrected chi connectivity index (χ0v) is 7.57. The van der Waals surface area contributed by atoms with E-state index in [0.717, 1.165) is 10.8 Å². The van der Waals surface area contributed by atoms with E-state index in [0.29, 0.717) is 0 Å². The van der Waals surface area contributed by atoms with E-state index >= 15 is 0 Å². The molecule has 0 spiro atoms. The molecule has 1 saturated carbocycles. The van der Waals surface area contributed by atoms with Crippen molar-refractivity contribution in [2.24, 2.45) is 0 Å². The molecular weight excluding hydrogens is 152 g/mol. The van der Waals surface area contributed by atoms with Gasteiger partial charge in [-0.2, -0.15) is 0 Å². The van der Waals surface area contributed by atoms with Crippen LogP contribution in [0.5, 0.6) is 0 Å². The fourth-order valence-corrected chi connectivity index (χ4v) is 1.78. The molecule has 0 heterocycles. The first-order valence-electron chi connectivity index (χ1n) is 4.07. The standard InChI is InChI=1S/C10H12S/c1-7-6-9(11)4-5-10(7)8-2-3-8/h4-6,8,11H,2-3H2,1H3. The van der Waals surface area contributed by atoms with Gasteiger partial charge in [0.25, 0.3) is 0 Å². The van der Waals surface area contributed by atoms with Gasteiger partial charge >= 0.3 is 0 Å². The van der Waals surface area contributed by atoms with E-state index in [2.05, 4.69) is 37.8 Å². The molecule has 1 aliphatic rings. The van der Waals surface area contributed by atoms with E-state index < -0.39 is 0 Å². The SMILES string of the molecule is Cc1cc(S)ccc1C1CC1. The molecule has 0 amide bonds. The van der Waals surface area contributed by atoms with E-state index in [9.17, 15) is 0 Å². The van der Waals surface area contributed by atoms with Crippen LogP contribution in [0.2, 0.25) is 0 Å². The predicted molar refractivity (Wildman–Crippen MR) is 50.4 cm³/mol. The van der Waals surface area contributed by atoms with Crippen molar-refractivity contribution in [3.8, 4) is 0 Å². The van der Waals surface area contributed by atoms with Gasteiger partial charge in [-0.1, -0.05) is 6.07 Å². The minimum absolute atomic E-state index is 0.865. The van der Waals surface area contributed by atoms with Gasteiger partial charge in [-0.15, -0.1) is 12.6 Å². The highest BCUT2D eigenvalue weighted by atomic mass is 32.1. The van der Waals surface area contributed by atoms with Gasteiger partial charge in [0.05, 0.1) is 0 Å². The molecule has 11 heavy (non-hydrogen) atoms. The Morgan fingerprint density at radius 3 is 2.64 bits per heavy atom. The minimum atomic E-state index is 0.865. The molecule has 1 fully saturated rings. The Morgan fingerprint density at radius 1 is 1.36 bits per heavy atom. The zero-order valence-electron chi connectivity index (χ0n) is 6.67. The molecule has 0 bridgehead atoms. The topological polar surface area (TPSA) is 0 Å². The van der Waals surface area contributed by atoms with Crippen molar-refractivity contribution in [1.29, 1.82) is 0 Å².